The zero-order valence-electron chi connectivity index (χ0n) is 18.8. The molecule has 0 spiro atoms. The topological polar surface area (TPSA) is 17.1 Å². The Hall–Kier alpha value is 0.520. The Bertz CT molecular complexity index is 304. The lowest BCUT2D eigenvalue weighted by molar-refractivity contribution is 0.553. The summed E-state index contributed by atoms with van der Waals surface area (Å²) in [6, 6.07) is 0. The molecular weight excluding hydrogens is 371 g/mol. The largest absolute Gasteiger partial charge is 0.307 e. The van der Waals surface area contributed by atoms with E-state index in [0.29, 0.717) is 0 Å². The molecule has 164 valence electrons. The third-order valence-electron chi connectivity index (χ3n) is 5.69. The van der Waals surface area contributed by atoms with Crippen molar-refractivity contribution in [3.63, 3.8) is 0 Å². The standard InChI is InChI=1S/C24H50ClOP/c1-3-5-7-9-11-13-15-17-19-21-23-27(25,26)24-22-20-18-16-14-12-10-8-6-4-2/h3-24H2,1-2H3. The Labute approximate surface area is 177 Å². The van der Waals surface area contributed by atoms with Crippen LogP contribution in [-0.2, 0) is 4.57 Å². The van der Waals surface area contributed by atoms with Crippen molar-refractivity contribution in [2.75, 3.05) is 12.3 Å². The minimum absolute atomic E-state index is 0.766. The van der Waals surface area contributed by atoms with Crippen LogP contribution in [0.5, 0.6) is 0 Å². The number of unbranched alkanes of at least 4 members (excludes halogenated alkanes) is 18. The fourth-order valence-corrected chi connectivity index (χ4v) is 6.11. The molecule has 0 atom stereocenters. The van der Waals surface area contributed by atoms with E-state index in [1.54, 1.807) is 0 Å². The fourth-order valence-electron chi connectivity index (χ4n) is 3.78. The van der Waals surface area contributed by atoms with Crippen LogP contribution in [-0.4, -0.2) is 12.3 Å². The van der Waals surface area contributed by atoms with Crippen LogP contribution in [0, 0.1) is 0 Å². The highest BCUT2D eigenvalue weighted by Crippen LogP contribution is 2.52. The highest BCUT2D eigenvalue weighted by atomic mass is 35.7. The van der Waals surface area contributed by atoms with Crippen LogP contribution in [0.15, 0.2) is 0 Å². The van der Waals surface area contributed by atoms with Crippen LogP contribution in [0.25, 0.3) is 0 Å². The van der Waals surface area contributed by atoms with Crippen LogP contribution >= 0.6 is 17.7 Å². The molecule has 0 saturated carbocycles. The second-order valence-electron chi connectivity index (χ2n) is 8.60. The van der Waals surface area contributed by atoms with E-state index in [9.17, 15) is 4.57 Å². The van der Waals surface area contributed by atoms with E-state index in [-0.39, 0.29) is 0 Å². The molecule has 27 heavy (non-hydrogen) atoms. The van der Waals surface area contributed by atoms with Crippen molar-refractivity contribution < 1.29 is 4.57 Å². The van der Waals surface area contributed by atoms with Gasteiger partial charge in [-0.2, -0.15) is 0 Å². The zero-order valence-corrected chi connectivity index (χ0v) is 20.4. The maximum absolute atomic E-state index is 12.5. The van der Waals surface area contributed by atoms with Gasteiger partial charge in [-0.25, -0.2) is 0 Å². The second kappa shape index (κ2) is 21.2. The summed E-state index contributed by atoms with van der Waals surface area (Å²) in [5.41, 5.74) is 0. The van der Waals surface area contributed by atoms with Gasteiger partial charge in [0.15, 0.2) is 6.49 Å². The minimum atomic E-state index is -2.37. The average Bonchev–Trinajstić information content (AvgIpc) is 2.64. The molecule has 0 aliphatic heterocycles. The van der Waals surface area contributed by atoms with Gasteiger partial charge in [0.05, 0.1) is 0 Å². The first-order valence-corrected chi connectivity index (χ1v) is 15.4. The summed E-state index contributed by atoms with van der Waals surface area (Å²) in [5.74, 6) is 0. The number of hydrogen-bond acceptors (Lipinski definition) is 1. The molecule has 0 aromatic rings. The molecule has 0 saturated heterocycles. The van der Waals surface area contributed by atoms with Gasteiger partial charge in [-0.05, 0) is 12.8 Å². The van der Waals surface area contributed by atoms with Crippen LogP contribution in [0.4, 0.5) is 0 Å². The molecule has 0 rings (SSSR count). The molecule has 0 radical (unpaired) electrons. The second-order valence-corrected chi connectivity index (χ2v) is 12.9. The quantitative estimate of drug-likeness (QED) is 0.126. The Morgan fingerprint density at radius 3 is 0.926 bits per heavy atom. The van der Waals surface area contributed by atoms with Crippen LogP contribution < -0.4 is 0 Å². The van der Waals surface area contributed by atoms with E-state index < -0.39 is 6.49 Å². The van der Waals surface area contributed by atoms with Gasteiger partial charge in [0.25, 0.3) is 0 Å². The third-order valence-corrected chi connectivity index (χ3v) is 8.67. The summed E-state index contributed by atoms with van der Waals surface area (Å²) in [5, 5.41) is 0. The van der Waals surface area contributed by atoms with Crippen molar-refractivity contribution >= 4 is 17.7 Å². The van der Waals surface area contributed by atoms with Crippen molar-refractivity contribution in [1.82, 2.24) is 0 Å². The van der Waals surface area contributed by atoms with E-state index in [1.807, 2.05) is 0 Å². The van der Waals surface area contributed by atoms with Gasteiger partial charge in [0, 0.05) is 12.3 Å². The maximum Gasteiger partial charge on any atom is 0.169 e. The van der Waals surface area contributed by atoms with Gasteiger partial charge in [-0.15, -0.1) is 0 Å². The van der Waals surface area contributed by atoms with E-state index in [2.05, 4.69) is 13.8 Å². The lowest BCUT2D eigenvalue weighted by Gasteiger charge is -2.10. The van der Waals surface area contributed by atoms with Crippen LogP contribution in [0.2, 0.25) is 0 Å². The fraction of sp³-hybridized carbons (Fsp3) is 1.00. The summed E-state index contributed by atoms with van der Waals surface area (Å²) in [7, 11) is 0. The van der Waals surface area contributed by atoms with Crippen molar-refractivity contribution in [1.29, 1.82) is 0 Å². The van der Waals surface area contributed by atoms with Gasteiger partial charge in [0.1, 0.15) is 0 Å². The van der Waals surface area contributed by atoms with Gasteiger partial charge in [0.2, 0.25) is 0 Å². The molecule has 1 nitrogen and oxygen atoms in total. The monoisotopic (exact) mass is 420 g/mol. The predicted molar refractivity (Wildman–Crippen MR) is 127 cm³/mol. The zero-order chi connectivity index (χ0) is 20.1. The van der Waals surface area contributed by atoms with Gasteiger partial charge in [-0.3, -0.25) is 0 Å². The Morgan fingerprint density at radius 1 is 0.444 bits per heavy atom. The van der Waals surface area contributed by atoms with Gasteiger partial charge >= 0.3 is 0 Å². The van der Waals surface area contributed by atoms with E-state index in [1.165, 1.54) is 116 Å². The Morgan fingerprint density at radius 2 is 0.667 bits per heavy atom. The molecule has 0 N–H and O–H groups in total. The average molecular weight is 421 g/mol. The Balaban J connectivity index is 3.32. The normalized spacial score (nSPS) is 12.0. The number of rotatable bonds is 22. The summed E-state index contributed by atoms with van der Waals surface area (Å²) >= 11 is 6.31. The highest BCUT2D eigenvalue weighted by Gasteiger charge is 2.16. The smallest absolute Gasteiger partial charge is 0.169 e. The summed E-state index contributed by atoms with van der Waals surface area (Å²) in [6.45, 7) is 2.17. The number of halogens is 1. The summed E-state index contributed by atoms with van der Waals surface area (Å²) in [4.78, 5) is 0. The van der Waals surface area contributed by atoms with Crippen molar-refractivity contribution in [2.24, 2.45) is 0 Å². The molecule has 0 unspecified atom stereocenters. The van der Waals surface area contributed by atoms with Gasteiger partial charge < -0.3 is 4.57 Å². The lowest BCUT2D eigenvalue weighted by Crippen LogP contribution is -1.92. The van der Waals surface area contributed by atoms with Crippen molar-refractivity contribution in [2.45, 2.75) is 142 Å². The molecule has 0 amide bonds. The maximum atomic E-state index is 12.5. The van der Waals surface area contributed by atoms with E-state index in [0.717, 1.165) is 25.2 Å². The lowest BCUT2D eigenvalue weighted by atomic mass is 10.1. The van der Waals surface area contributed by atoms with E-state index >= 15 is 0 Å². The molecular formula is C24H50ClOP. The molecule has 3 heteroatoms. The molecule has 0 aromatic carbocycles. The van der Waals surface area contributed by atoms with Crippen molar-refractivity contribution in [3.8, 4) is 0 Å². The molecule has 0 aliphatic rings. The molecule has 0 aliphatic carbocycles. The SMILES string of the molecule is CCCCCCCCCCCCP(=O)(Cl)CCCCCCCCCCCC. The molecule has 0 heterocycles. The third kappa shape index (κ3) is 22.7. The first-order chi connectivity index (χ1) is 13.1. The molecule has 0 aromatic heterocycles. The van der Waals surface area contributed by atoms with Crippen LogP contribution in [0.3, 0.4) is 0 Å². The van der Waals surface area contributed by atoms with E-state index in [4.69, 9.17) is 11.2 Å². The first-order valence-electron chi connectivity index (χ1n) is 12.4. The summed E-state index contributed by atoms with van der Waals surface area (Å²) in [6.07, 6.45) is 28.0. The van der Waals surface area contributed by atoms with Crippen LogP contribution in [0.1, 0.15) is 142 Å². The van der Waals surface area contributed by atoms with Crippen molar-refractivity contribution in [3.05, 3.63) is 0 Å². The van der Waals surface area contributed by atoms with Gasteiger partial charge in [-0.1, -0.05) is 141 Å². The summed E-state index contributed by atoms with van der Waals surface area (Å²) < 4.78 is 12.5. The minimum Gasteiger partial charge on any atom is -0.307 e. The molecule has 0 bridgehead atoms. The Kier molecular flexibility index (Phi) is 21.6. The highest BCUT2D eigenvalue weighted by molar-refractivity contribution is 7.89. The predicted octanol–water partition coefficient (Wildman–Crippen LogP) is 10.3. The molecule has 0 fully saturated rings. The first kappa shape index (κ1) is 27.5. The number of hydrogen-bond donors (Lipinski definition) is 0.